The Hall–Kier alpha value is -2.14. The Bertz CT molecular complexity index is 623. The number of benzene rings is 1. The number of carbonyl (C=O) groups is 1. The Morgan fingerprint density at radius 3 is 2.76 bits per heavy atom. The van der Waals surface area contributed by atoms with Crippen LogP contribution in [0.1, 0.15) is 42.6 Å². The molecular formula is C16H18FNO3. The Morgan fingerprint density at radius 2 is 2.14 bits per heavy atom. The smallest absolute Gasteiger partial charge is 0.223 e. The summed E-state index contributed by atoms with van der Waals surface area (Å²) in [5.41, 5.74) is 0.381. The van der Waals surface area contributed by atoms with E-state index in [4.69, 9.17) is 4.42 Å². The van der Waals surface area contributed by atoms with Gasteiger partial charge in [-0.25, -0.2) is 4.39 Å². The van der Waals surface area contributed by atoms with Gasteiger partial charge in [-0.05, 0) is 43.7 Å². The molecule has 1 amide bonds. The first-order valence-electron chi connectivity index (χ1n) is 6.75. The van der Waals surface area contributed by atoms with Gasteiger partial charge in [0.25, 0.3) is 0 Å². The lowest BCUT2D eigenvalue weighted by Gasteiger charge is -2.14. The highest BCUT2D eigenvalue weighted by molar-refractivity contribution is 5.77. The van der Waals surface area contributed by atoms with Gasteiger partial charge in [0.15, 0.2) is 0 Å². The van der Waals surface area contributed by atoms with E-state index in [1.807, 2.05) is 13.0 Å². The third kappa shape index (κ3) is 4.16. The maximum absolute atomic E-state index is 13.1. The molecule has 112 valence electrons. The van der Waals surface area contributed by atoms with Crippen LogP contribution in [0.25, 0.3) is 0 Å². The minimum Gasteiger partial charge on any atom is -0.464 e. The van der Waals surface area contributed by atoms with Gasteiger partial charge in [-0.15, -0.1) is 0 Å². The minimum absolute atomic E-state index is 0.131. The topological polar surface area (TPSA) is 62.5 Å². The zero-order valence-corrected chi connectivity index (χ0v) is 12.0. The van der Waals surface area contributed by atoms with Crippen molar-refractivity contribution < 1.29 is 18.7 Å². The van der Waals surface area contributed by atoms with Crippen molar-refractivity contribution in [2.24, 2.45) is 0 Å². The monoisotopic (exact) mass is 291 g/mol. The number of carbonyl (C=O) groups excluding carboxylic acids is 1. The van der Waals surface area contributed by atoms with Gasteiger partial charge >= 0.3 is 0 Å². The van der Waals surface area contributed by atoms with Crippen LogP contribution in [0.3, 0.4) is 0 Å². The molecule has 1 aromatic heterocycles. The van der Waals surface area contributed by atoms with Gasteiger partial charge in [0.2, 0.25) is 5.91 Å². The first kappa shape index (κ1) is 15.3. The summed E-state index contributed by atoms with van der Waals surface area (Å²) in [7, 11) is 0. The van der Waals surface area contributed by atoms with Crippen molar-refractivity contribution in [3.63, 3.8) is 0 Å². The summed E-state index contributed by atoms with van der Waals surface area (Å²) in [4.78, 5) is 11.9. The molecule has 1 aromatic carbocycles. The third-order valence-corrected chi connectivity index (χ3v) is 3.18. The molecule has 0 bridgehead atoms. The summed E-state index contributed by atoms with van der Waals surface area (Å²) in [6.45, 7) is 3.62. The predicted molar refractivity (Wildman–Crippen MR) is 76.0 cm³/mol. The quantitative estimate of drug-likeness (QED) is 0.890. The van der Waals surface area contributed by atoms with E-state index in [1.54, 1.807) is 19.1 Å². The van der Waals surface area contributed by atoms with Gasteiger partial charge in [-0.1, -0.05) is 12.1 Å². The van der Waals surface area contributed by atoms with Crippen LogP contribution in [-0.2, 0) is 4.79 Å². The Morgan fingerprint density at radius 1 is 1.38 bits per heavy atom. The highest BCUT2D eigenvalue weighted by Gasteiger charge is 2.17. The van der Waals surface area contributed by atoms with Gasteiger partial charge < -0.3 is 14.8 Å². The second-order valence-corrected chi connectivity index (χ2v) is 5.01. The van der Waals surface area contributed by atoms with E-state index in [-0.39, 0.29) is 18.4 Å². The average Bonchev–Trinajstić information content (AvgIpc) is 2.85. The van der Waals surface area contributed by atoms with E-state index in [0.717, 1.165) is 5.76 Å². The molecule has 0 fully saturated rings. The van der Waals surface area contributed by atoms with E-state index in [0.29, 0.717) is 11.3 Å². The molecular weight excluding hydrogens is 273 g/mol. The van der Waals surface area contributed by atoms with Crippen LogP contribution in [0.15, 0.2) is 40.8 Å². The molecule has 5 heteroatoms. The van der Waals surface area contributed by atoms with Gasteiger partial charge in [0.1, 0.15) is 17.3 Å². The van der Waals surface area contributed by atoms with Crippen molar-refractivity contribution in [2.75, 3.05) is 0 Å². The van der Waals surface area contributed by atoms with Crippen molar-refractivity contribution in [2.45, 2.75) is 32.4 Å². The largest absolute Gasteiger partial charge is 0.464 e. The molecule has 2 rings (SSSR count). The maximum Gasteiger partial charge on any atom is 0.223 e. The average molecular weight is 291 g/mol. The van der Waals surface area contributed by atoms with Crippen LogP contribution in [-0.4, -0.2) is 11.0 Å². The fraction of sp³-hybridized carbons (Fsp3) is 0.312. The summed E-state index contributed by atoms with van der Waals surface area (Å²) in [5.74, 6) is 0.659. The molecule has 2 N–H and O–H groups in total. The van der Waals surface area contributed by atoms with E-state index in [2.05, 4.69) is 5.32 Å². The molecule has 0 radical (unpaired) electrons. The lowest BCUT2D eigenvalue weighted by atomic mass is 10.1. The molecule has 2 aromatic rings. The van der Waals surface area contributed by atoms with Crippen LogP contribution in [0.5, 0.6) is 0 Å². The summed E-state index contributed by atoms with van der Waals surface area (Å²) in [6.07, 6.45) is -1.17. The van der Waals surface area contributed by atoms with Crippen LogP contribution in [0.2, 0.25) is 0 Å². The molecule has 1 heterocycles. The number of aliphatic hydroxyl groups excluding tert-OH is 1. The number of rotatable bonds is 5. The second kappa shape index (κ2) is 6.54. The molecule has 0 saturated carbocycles. The molecule has 4 nitrogen and oxygen atoms in total. The molecule has 0 saturated heterocycles. The van der Waals surface area contributed by atoms with Crippen molar-refractivity contribution in [3.05, 3.63) is 59.3 Å². The molecule has 21 heavy (non-hydrogen) atoms. The lowest BCUT2D eigenvalue weighted by molar-refractivity contribution is -0.123. The van der Waals surface area contributed by atoms with E-state index in [1.165, 1.54) is 18.2 Å². The van der Waals surface area contributed by atoms with Crippen molar-refractivity contribution in [1.82, 2.24) is 5.32 Å². The zero-order valence-electron chi connectivity index (χ0n) is 12.0. The zero-order chi connectivity index (χ0) is 15.4. The van der Waals surface area contributed by atoms with Gasteiger partial charge in [-0.2, -0.15) is 0 Å². The standard InChI is InChI=1S/C16H18FNO3/c1-10-6-7-15(21-10)11(2)18-16(20)9-14(19)12-4-3-5-13(17)8-12/h3-8,11,14,19H,9H2,1-2H3,(H,18,20). The van der Waals surface area contributed by atoms with Crippen LogP contribution in [0.4, 0.5) is 4.39 Å². The fourth-order valence-corrected chi connectivity index (χ4v) is 2.07. The fourth-order valence-electron chi connectivity index (χ4n) is 2.07. The molecule has 0 aliphatic rings. The number of nitrogens with one attached hydrogen (secondary N) is 1. The van der Waals surface area contributed by atoms with Crippen LogP contribution in [0, 0.1) is 12.7 Å². The number of halogens is 1. The molecule has 2 atom stereocenters. The maximum atomic E-state index is 13.1. The number of aliphatic hydroxyl groups is 1. The second-order valence-electron chi connectivity index (χ2n) is 5.01. The lowest BCUT2D eigenvalue weighted by Crippen LogP contribution is -2.27. The first-order valence-corrected chi connectivity index (χ1v) is 6.75. The number of aryl methyl sites for hydroxylation is 1. The van der Waals surface area contributed by atoms with E-state index < -0.39 is 11.9 Å². The minimum atomic E-state index is -1.04. The number of furan rings is 1. The summed E-state index contributed by atoms with van der Waals surface area (Å²) >= 11 is 0. The van der Waals surface area contributed by atoms with E-state index in [9.17, 15) is 14.3 Å². The van der Waals surface area contributed by atoms with Gasteiger partial charge in [0, 0.05) is 0 Å². The predicted octanol–water partition coefficient (Wildman–Crippen LogP) is 3.03. The van der Waals surface area contributed by atoms with Gasteiger partial charge in [0.05, 0.1) is 18.6 Å². The first-order chi connectivity index (χ1) is 9.95. The highest BCUT2D eigenvalue weighted by Crippen LogP contribution is 2.19. The summed E-state index contributed by atoms with van der Waals surface area (Å²) in [6, 6.07) is 8.92. The third-order valence-electron chi connectivity index (χ3n) is 3.18. The van der Waals surface area contributed by atoms with Crippen molar-refractivity contribution in [3.8, 4) is 0 Å². The Labute approximate surface area is 122 Å². The van der Waals surface area contributed by atoms with Crippen molar-refractivity contribution >= 4 is 5.91 Å². The Balaban J connectivity index is 1.92. The molecule has 2 unspecified atom stereocenters. The normalized spacial score (nSPS) is 13.7. The number of amides is 1. The highest BCUT2D eigenvalue weighted by atomic mass is 19.1. The molecule has 0 aliphatic heterocycles. The van der Waals surface area contributed by atoms with E-state index >= 15 is 0 Å². The van der Waals surface area contributed by atoms with Crippen LogP contribution < -0.4 is 5.32 Å². The molecule has 0 spiro atoms. The Kier molecular flexibility index (Phi) is 4.75. The summed E-state index contributed by atoms with van der Waals surface area (Å²) in [5, 5.41) is 12.7. The van der Waals surface area contributed by atoms with Gasteiger partial charge in [-0.3, -0.25) is 4.79 Å². The summed E-state index contributed by atoms with van der Waals surface area (Å²) < 4.78 is 18.5. The SMILES string of the molecule is Cc1ccc(C(C)NC(=O)CC(O)c2cccc(F)c2)o1. The van der Waals surface area contributed by atoms with Crippen molar-refractivity contribution in [1.29, 1.82) is 0 Å². The molecule has 0 aliphatic carbocycles. The van der Waals surface area contributed by atoms with Crippen LogP contribution >= 0.6 is 0 Å². The number of hydrogen-bond acceptors (Lipinski definition) is 3. The number of hydrogen-bond donors (Lipinski definition) is 2.